The van der Waals surface area contributed by atoms with Gasteiger partial charge in [0.1, 0.15) is 12.3 Å². The summed E-state index contributed by atoms with van der Waals surface area (Å²) < 4.78 is 0. The summed E-state index contributed by atoms with van der Waals surface area (Å²) in [6, 6.07) is 17.3. The van der Waals surface area contributed by atoms with Gasteiger partial charge in [-0.3, -0.25) is 9.59 Å². The van der Waals surface area contributed by atoms with Crippen LogP contribution in [0.25, 0.3) is 0 Å². The molecule has 0 saturated carbocycles. The first-order valence-corrected chi connectivity index (χ1v) is 10.5. The zero-order valence-corrected chi connectivity index (χ0v) is 17.3. The minimum absolute atomic E-state index is 0.219. The van der Waals surface area contributed by atoms with E-state index < -0.39 is 5.97 Å². The second kappa shape index (κ2) is 10.3. The molecule has 0 aromatic heterocycles. The molecular weight excluding hydrogens is 380 g/mol. The summed E-state index contributed by atoms with van der Waals surface area (Å²) in [5, 5.41) is 21.3. The van der Waals surface area contributed by atoms with Crippen molar-refractivity contribution in [3.8, 4) is 5.75 Å². The molecule has 6 heteroatoms. The predicted octanol–water partition coefficient (Wildman–Crippen LogP) is 2.88. The van der Waals surface area contributed by atoms with Gasteiger partial charge in [0.05, 0.1) is 5.92 Å². The number of phenolic OH excluding ortho intramolecular Hbond substituents is 1. The molecule has 0 bridgehead atoms. The maximum Gasteiger partial charge on any atom is 0.322 e. The van der Waals surface area contributed by atoms with Crippen LogP contribution in [0.2, 0.25) is 0 Å². The Morgan fingerprint density at radius 1 is 1.17 bits per heavy atom. The minimum Gasteiger partial charge on any atom is -0.508 e. The molecule has 2 unspecified atom stereocenters. The van der Waals surface area contributed by atoms with Crippen molar-refractivity contribution in [3.63, 3.8) is 0 Å². The summed E-state index contributed by atoms with van der Waals surface area (Å²) >= 11 is 0. The van der Waals surface area contributed by atoms with Gasteiger partial charge in [0, 0.05) is 13.1 Å². The van der Waals surface area contributed by atoms with Crippen LogP contribution in [-0.4, -0.2) is 53.2 Å². The Hall–Kier alpha value is -2.86. The molecule has 0 spiro atoms. The number of nitrogens with one attached hydrogen (secondary N) is 1. The van der Waals surface area contributed by atoms with Gasteiger partial charge in [0.2, 0.25) is 5.91 Å². The van der Waals surface area contributed by atoms with E-state index in [0.717, 1.165) is 30.6 Å². The highest BCUT2D eigenvalue weighted by molar-refractivity contribution is 5.83. The molecule has 0 radical (unpaired) electrons. The number of hydrogen-bond donors (Lipinski definition) is 3. The van der Waals surface area contributed by atoms with Crippen LogP contribution in [0.4, 0.5) is 0 Å². The summed E-state index contributed by atoms with van der Waals surface area (Å²) in [7, 11) is 0. The van der Waals surface area contributed by atoms with Crippen LogP contribution in [0.5, 0.6) is 5.75 Å². The Balaban J connectivity index is 1.65. The fourth-order valence-electron chi connectivity index (χ4n) is 4.41. The maximum absolute atomic E-state index is 12.7. The Morgan fingerprint density at radius 3 is 2.60 bits per heavy atom. The molecule has 160 valence electrons. The summed E-state index contributed by atoms with van der Waals surface area (Å²) in [5.74, 6) is -0.510. The number of carboxylic acids is 1. The van der Waals surface area contributed by atoms with Gasteiger partial charge in [0.25, 0.3) is 0 Å². The van der Waals surface area contributed by atoms with Crippen molar-refractivity contribution in [3.05, 3.63) is 65.7 Å². The quantitative estimate of drug-likeness (QED) is 0.623. The zero-order valence-electron chi connectivity index (χ0n) is 17.3. The number of aliphatic carboxylic acids is 1. The van der Waals surface area contributed by atoms with Crippen molar-refractivity contribution in [2.75, 3.05) is 26.2 Å². The molecular formula is C24H30N2O4. The topological polar surface area (TPSA) is 89.9 Å². The fourth-order valence-corrected chi connectivity index (χ4v) is 4.41. The first-order valence-electron chi connectivity index (χ1n) is 10.5. The molecule has 6 nitrogen and oxygen atoms in total. The molecule has 1 heterocycles. The number of piperidine rings is 1. The first-order chi connectivity index (χ1) is 14.4. The van der Waals surface area contributed by atoms with Crippen molar-refractivity contribution in [1.29, 1.82) is 0 Å². The SMILES string of the molecule is CC1CN(C[C@@H](Cc2ccccc2)C(=O)NCC(=O)O)CCC1c1cccc(O)c1. The van der Waals surface area contributed by atoms with Gasteiger partial charge >= 0.3 is 5.97 Å². The van der Waals surface area contributed by atoms with Crippen LogP contribution in [0, 0.1) is 11.8 Å². The Bertz CT molecular complexity index is 855. The van der Waals surface area contributed by atoms with Gasteiger partial charge in [-0.15, -0.1) is 0 Å². The first kappa shape index (κ1) is 21.8. The average Bonchev–Trinajstić information content (AvgIpc) is 2.72. The van der Waals surface area contributed by atoms with Crippen molar-refractivity contribution < 1.29 is 19.8 Å². The Morgan fingerprint density at radius 2 is 1.93 bits per heavy atom. The Kier molecular flexibility index (Phi) is 7.46. The third-order valence-electron chi connectivity index (χ3n) is 5.88. The van der Waals surface area contributed by atoms with E-state index in [-0.39, 0.29) is 18.4 Å². The van der Waals surface area contributed by atoms with Crippen molar-refractivity contribution >= 4 is 11.9 Å². The molecule has 1 amide bonds. The minimum atomic E-state index is -1.04. The Labute approximate surface area is 177 Å². The normalized spacial score (nSPS) is 20.4. The lowest BCUT2D eigenvalue weighted by Gasteiger charge is -2.38. The third-order valence-corrected chi connectivity index (χ3v) is 5.88. The van der Waals surface area contributed by atoms with E-state index in [1.54, 1.807) is 6.07 Å². The van der Waals surface area contributed by atoms with Crippen molar-refractivity contribution in [2.24, 2.45) is 11.8 Å². The van der Waals surface area contributed by atoms with Gasteiger partial charge < -0.3 is 20.4 Å². The lowest BCUT2D eigenvalue weighted by Crippen LogP contribution is -2.45. The van der Waals surface area contributed by atoms with E-state index in [9.17, 15) is 14.7 Å². The number of phenols is 1. The van der Waals surface area contributed by atoms with Gasteiger partial charge in [0.15, 0.2) is 0 Å². The molecule has 1 aliphatic heterocycles. The van der Waals surface area contributed by atoms with Crippen LogP contribution >= 0.6 is 0 Å². The number of aromatic hydroxyl groups is 1. The van der Waals surface area contributed by atoms with Crippen LogP contribution in [0.1, 0.15) is 30.4 Å². The van der Waals surface area contributed by atoms with E-state index in [2.05, 4.69) is 23.2 Å². The summed E-state index contributed by atoms with van der Waals surface area (Å²) in [4.78, 5) is 25.9. The zero-order chi connectivity index (χ0) is 21.5. The summed E-state index contributed by atoms with van der Waals surface area (Å²) in [6.07, 6.45) is 1.53. The second-order valence-corrected chi connectivity index (χ2v) is 8.23. The van der Waals surface area contributed by atoms with E-state index in [0.29, 0.717) is 30.6 Å². The molecule has 3 rings (SSSR count). The van der Waals surface area contributed by atoms with Crippen molar-refractivity contribution in [2.45, 2.75) is 25.7 Å². The molecule has 2 aromatic carbocycles. The van der Waals surface area contributed by atoms with Gasteiger partial charge in [-0.05, 0) is 54.5 Å². The molecule has 0 aliphatic carbocycles. The monoisotopic (exact) mass is 410 g/mol. The van der Waals surface area contributed by atoms with Crippen LogP contribution in [-0.2, 0) is 16.0 Å². The summed E-state index contributed by atoms with van der Waals surface area (Å²) in [6.45, 7) is 4.16. The number of amides is 1. The smallest absolute Gasteiger partial charge is 0.322 e. The average molecular weight is 411 g/mol. The molecule has 1 fully saturated rings. The molecule has 3 N–H and O–H groups in total. The van der Waals surface area contributed by atoms with E-state index in [4.69, 9.17) is 5.11 Å². The van der Waals surface area contributed by atoms with Gasteiger partial charge in [-0.2, -0.15) is 0 Å². The predicted molar refractivity (Wildman–Crippen MR) is 115 cm³/mol. The largest absolute Gasteiger partial charge is 0.508 e. The molecule has 2 aromatic rings. The van der Waals surface area contributed by atoms with E-state index in [1.165, 1.54) is 0 Å². The maximum atomic E-state index is 12.7. The summed E-state index contributed by atoms with van der Waals surface area (Å²) in [5.41, 5.74) is 2.22. The van der Waals surface area contributed by atoms with Crippen LogP contribution in [0.15, 0.2) is 54.6 Å². The molecule has 30 heavy (non-hydrogen) atoms. The number of hydrogen-bond acceptors (Lipinski definition) is 4. The number of rotatable bonds is 8. The highest BCUT2D eigenvalue weighted by Crippen LogP contribution is 2.34. The number of benzene rings is 2. The standard InChI is InChI=1S/C24H30N2O4/c1-17-15-26(11-10-22(17)19-8-5-9-21(27)13-19)16-20(24(30)25-14-23(28)29)12-18-6-3-2-4-7-18/h2-9,13,17,20,22,27H,10-12,14-16H2,1H3,(H,25,30)(H,28,29)/t17?,20-,22?/m1/s1. The second-order valence-electron chi connectivity index (χ2n) is 8.23. The molecule has 1 aliphatic rings. The van der Waals surface area contributed by atoms with Crippen molar-refractivity contribution in [1.82, 2.24) is 10.2 Å². The van der Waals surface area contributed by atoms with Gasteiger partial charge in [-0.25, -0.2) is 0 Å². The molecule has 3 atom stereocenters. The number of nitrogens with zero attached hydrogens (tertiary/aromatic N) is 1. The number of carbonyl (C=O) groups excluding carboxylic acids is 1. The van der Waals surface area contributed by atoms with Crippen LogP contribution in [0.3, 0.4) is 0 Å². The lowest BCUT2D eigenvalue weighted by atomic mass is 9.81. The van der Waals surface area contributed by atoms with E-state index in [1.807, 2.05) is 42.5 Å². The number of carboxylic acid groups (broad SMARTS) is 1. The highest BCUT2D eigenvalue weighted by Gasteiger charge is 2.30. The number of carbonyl (C=O) groups is 2. The number of likely N-dealkylation sites (tertiary alicyclic amines) is 1. The van der Waals surface area contributed by atoms with E-state index >= 15 is 0 Å². The lowest BCUT2D eigenvalue weighted by molar-refractivity contribution is -0.138. The third kappa shape index (κ3) is 6.07. The highest BCUT2D eigenvalue weighted by atomic mass is 16.4. The molecule has 1 saturated heterocycles. The fraction of sp³-hybridized carbons (Fsp3) is 0.417. The van der Waals surface area contributed by atoms with Gasteiger partial charge in [-0.1, -0.05) is 49.4 Å². The van der Waals surface area contributed by atoms with Crippen LogP contribution < -0.4 is 5.32 Å².